The van der Waals surface area contributed by atoms with Crippen LogP contribution in [0.5, 0.6) is 5.88 Å². The van der Waals surface area contributed by atoms with Gasteiger partial charge in [-0.05, 0) is 30.6 Å². The molecule has 1 N–H and O–H groups in total. The maximum Gasteiger partial charge on any atom is 0.218 e. The van der Waals surface area contributed by atoms with Gasteiger partial charge in [-0.25, -0.2) is 9.97 Å². The van der Waals surface area contributed by atoms with Gasteiger partial charge in [0.05, 0.1) is 6.10 Å². The van der Waals surface area contributed by atoms with Crippen LogP contribution in [0.4, 0.5) is 5.82 Å². The maximum absolute atomic E-state index is 5.57. The lowest BCUT2D eigenvalue weighted by molar-refractivity contribution is 0.232. The zero-order chi connectivity index (χ0) is 14.3. The Labute approximate surface area is 116 Å². The third kappa shape index (κ3) is 2.67. The summed E-state index contributed by atoms with van der Waals surface area (Å²) in [6.45, 7) is 14.2. The fraction of sp³-hybridized carbons (Fsp3) is 0.733. The van der Waals surface area contributed by atoms with Crippen LogP contribution in [0.2, 0.25) is 0 Å². The molecular formula is C15H25N3O. The van der Waals surface area contributed by atoms with Crippen LogP contribution in [-0.4, -0.2) is 22.6 Å². The van der Waals surface area contributed by atoms with Crippen molar-refractivity contribution in [2.24, 2.45) is 16.7 Å². The Kier molecular flexibility index (Phi) is 3.45. The molecule has 1 aromatic rings. The quantitative estimate of drug-likeness (QED) is 0.885. The molecule has 0 atom stereocenters. The number of rotatable bonds is 5. The Balaban J connectivity index is 1.94. The molecule has 19 heavy (non-hydrogen) atoms. The molecule has 1 aliphatic rings. The third-order valence-corrected chi connectivity index (χ3v) is 4.81. The van der Waals surface area contributed by atoms with E-state index < -0.39 is 0 Å². The number of aromatic nitrogens is 2. The van der Waals surface area contributed by atoms with Crippen molar-refractivity contribution < 1.29 is 4.74 Å². The number of hydrogen-bond acceptors (Lipinski definition) is 4. The van der Waals surface area contributed by atoms with Gasteiger partial charge in [0.1, 0.15) is 12.1 Å². The molecule has 1 aromatic heterocycles. The average molecular weight is 263 g/mol. The summed E-state index contributed by atoms with van der Waals surface area (Å²) >= 11 is 0. The van der Waals surface area contributed by atoms with E-state index in [4.69, 9.17) is 4.74 Å². The second-order valence-electron chi connectivity index (χ2n) is 6.78. The summed E-state index contributed by atoms with van der Waals surface area (Å²) in [5.41, 5.74) is 0.786. The van der Waals surface area contributed by atoms with Crippen LogP contribution in [0.1, 0.15) is 41.5 Å². The summed E-state index contributed by atoms with van der Waals surface area (Å²) in [5, 5.41) is 3.40. The van der Waals surface area contributed by atoms with Crippen molar-refractivity contribution in [2.75, 3.05) is 11.9 Å². The number of nitrogens with zero attached hydrogens (tertiary/aromatic N) is 2. The van der Waals surface area contributed by atoms with Gasteiger partial charge < -0.3 is 10.1 Å². The van der Waals surface area contributed by atoms with Crippen LogP contribution >= 0.6 is 0 Å². The monoisotopic (exact) mass is 263 g/mol. The minimum absolute atomic E-state index is 0.129. The van der Waals surface area contributed by atoms with Crippen molar-refractivity contribution in [2.45, 2.75) is 47.6 Å². The minimum atomic E-state index is 0.129. The zero-order valence-electron chi connectivity index (χ0n) is 12.8. The molecule has 0 saturated heterocycles. The molecule has 0 aliphatic heterocycles. The van der Waals surface area contributed by atoms with Crippen molar-refractivity contribution in [1.82, 2.24) is 9.97 Å². The molecule has 106 valence electrons. The average Bonchev–Trinajstić information content (AvgIpc) is 2.66. The maximum atomic E-state index is 5.57. The molecule has 0 aromatic carbocycles. The predicted molar refractivity (Wildman–Crippen MR) is 77.3 cm³/mol. The highest BCUT2D eigenvalue weighted by atomic mass is 16.5. The number of nitrogens with one attached hydrogen (secondary N) is 1. The molecule has 0 amide bonds. The van der Waals surface area contributed by atoms with E-state index in [9.17, 15) is 0 Å². The smallest absolute Gasteiger partial charge is 0.218 e. The molecule has 1 heterocycles. The third-order valence-electron chi connectivity index (χ3n) is 4.81. The predicted octanol–water partition coefficient (Wildman–Crippen LogP) is 3.36. The SMILES string of the molecule is CC(C)Oc1cc(NCC2C(C)(C)C2(C)C)ncn1. The van der Waals surface area contributed by atoms with Crippen LogP contribution in [0.25, 0.3) is 0 Å². The highest BCUT2D eigenvalue weighted by Crippen LogP contribution is 2.68. The van der Waals surface area contributed by atoms with E-state index in [0.717, 1.165) is 12.4 Å². The van der Waals surface area contributed by atoms with E-state index >= 15 is 0 Å². The lowest BCUT2D eigenvalue weighted by Gasteiger charge is -2.10. The first-order valence-corrected chi connectivity index (χ1v) is 6.97. The summed E-state index contributed by atoms with van der Waals surface area (Å²) in [4.78, 5) is 8.35. The summed E-state index contributed by atoms with van der Waals surface area (Å²) in [7, 11) is 0. The van der Waals surface area contributed by atoms with Gasteiger partial charge in [0.2, 0.25) is 5.88 Å². The van der Waals surface area contributed by atoms with Crippen LogP contribution in [-0.2, 0) is 0 Å². The summed E-state index contributed by atoms with van der Waals surface area (Å²) in [6.07, 6.45) is 1.67. The molecule has 0 spiro atoms. The van der Waals surface area contributed by atoms with E-state index in [0.29, 0.717) is 22.6 Å². The number of hydrogen-bond donors (Lipinski definition) is 1. The summed E-state index contributed by atoms with van der Waals surface area (Å²) in [5.74, 6) is 2.13. The van der Waals surface area contributed by atoms with Gasteiger partial charge in [-0.1, -0.05) is 27.7 Å². The Morgan fingerprint density at radius 1 is 1.21 bits per heavy atom. The highest BCUT2D eigenvalue weighted by molar-refractivity contribution is 5.38. The van der Waals surface area contributed by atoms with Crippen LogP contribution in [0, 0.1) is 16.7 Å². The Morgan fingerprint density at radius 2 is 1.84 bits per heavy atom. The molecule has 0 unspecified atom stereocenters. The van der Waals surface area contributed by atoms with Gasteiger partial charge >= 0.3 is 0 Å². The Morgan fingerprint density at radius 3 is 2.37 bits per heavy atom. The zero-order valence-corrected chi connectivity index (χ0v) is 12.8. The fourth-order valence-electron chi connectivity index (χ4n) is 2.79. The molecule has 1 saturated carbocycles. The van der Waals surface area contributed by atoms with Gasteiger partial charge in [0.15, 0.2) is 0 Å². The largest absolute Gasteiger partial charge is 0.475 e. The van der Waals surface area contributed by atoms with Crippen molar-refractivity contribution in [3.05, 3.63) is 12.4 Å². The molecule has 0 bridgehead atoms. The van der Waals surface area contributed by atoms with Crippen molar-refractivity contribution in [1.29, 1.82) is 0 Å². The van der Waals surface area contributed by atoms with E-state index in [-0.39, 0.29) is 6.10 Å². The van der Waals surface area contributed by atoms with E-state index in [1.165, 1.54) is 0 Å². The van der Waals surface area contributed by atoms with Gasteiger partial charge in [0, 0.05) is 12.6 Å². The van der Waals surface area contributed by atoms with Crippen molar-refractivity contribution in [3.8, 4) is 5.88 Å². The molecule has 0 radical (unpaired) electrons. The van der Waals surface area contributed by atoms with Gasteiger partial charge in [-0.2, -0.15) is 0 Å². The van der Waals surface area contributed by atoms with Crippen molar-refractivity contribution in [3.63, 3.8) is 0 Å². The van der Waals surface area contributed by atoms with E-state index in [1.807, 2.05) is 19.9 Å². The molecule has 4 heteroatoms. The summed E-state index contributed by atoms with van der Waals surface area (Å²) < 4.78 is 5.57. The standard InChI is InChI=1S/C15H25N3O/c1-10(2)19-13-7-12(17-9-18-13)16-8-11-14(3,4)15(11,5)6/h7,9-11H,8H2,1-6H3,(H,16,17,18). The first-order chi connectivity index (χ1) is 8.75. The van der Waals surface area contributed by atoms with E-state index in [1.54, 1.807) is 6.33 Å². The molecule has 2 rings (SSSR count). The lowest BCUT2D eigenvalue weighted by atomic mass is 10.0. The normalized spacial score (nSPS) is 20.4. The topological polar surface area (TPSA) is 47.0 Å². The molecule has 4 nitrogen and oxygen atoms in total. The summed E-state index contributed by atoms with van der Waals surface area (Å²) in [6, 6.07) is 1.86. The fourth-order valence-corrected chi connectivity index (χ4v) is 2.79. The van der Waals surface area contributed by atoms with Crippen LogP contribution in [0.15, 0.2) is 12.4 Å². The van der Waals surface area contributed by atoms with Gasteiger partial charge in [-0.3, -0.25) is 0 Å². The van der Waals surface area contributed by atoms with Crippen molar-refractivity contribution >= 4 is 5.82 Å². The Hall–Kier alpha value is -1.32. The molecular weight excluding hydrogens is 238 g/mol. The Bertz CT molecular complexity index is 440. The lowest BCUT2D eigenvalue weighted by Crippen LogP contribution is -2.11. The second-order valence-corrected chi connectivity index (χ2v) is 6.78. The van der Waals surface area contributed by atoms with Crippen LogP contribution in [0.3, 0.4) is 0 Å². The number of ether oxygens (including phenoxy) is 1. The van der Waals surface area contributed by atoms with Gasteiger partial charge in [-0.15, -0.1) is 0 Å². The first kappa shape index (κ1) is 14.1. The van der Waals surface area contributed by atoms with Gasteiger partial charge in [0.25, 0.3) is 0 Å². The van der Waals surface area contributed by atoms with E-state index in [2.05, 4.69) is 43.0 Å². The minimum Gasteiger partial charge on any atom is -0.475 e. The van der Waals surface area contributed by atoms with Crippen LogP contribution < -0.4 is 10.1 Å². The highest BCUT2D eigenvalue weighted by Gasteiger charge is 2.64. The number of anilines is 1. The second kappa shape index (κ2) is 4.66. The molecule has 1 aliphatic carbocycles. The first-order valence-electron chi connectivity index (χ1n) is 6.97. The molecule has 1 fully saturated rings.